The lowest BCUT2D eigenvalue weighted by Gasteiger charge is -2.20. The third-order valence-corrected chi connectivity index (χ3v) is 5.20. The van der Waals surface area contributed by atoms with Gasteiger partial charge in [-0.1, -0.05) is 67.9 Å². The summed E-state index contributed by atoms with van der Waals surface area (Å²) in [6.45, 7) is 4.17. The molecule has 0 aliphatic carbocycles. The third kappa shape index (κ3) is 7.19. The van der Waals surface area contributed by atoms with Gasteiger partial charge in [0.1, 0.15) is 18.4 Å². The molecule has 0 saturated carbocycles. The van der Waals surface area contributed by atoms with Gasteiger partial charge in [0.25, 0.3) is 11.8 Å². The largest absolute Gasteiger partial charge is 0.489 e. The van der Waals surface area contributed by atoms with Gasteiger partial charge in [0.15, 0.2) is 0 Å². The first-order valence-corrected chi connectivity index (χ1v) is 11.0. The van der Waals surface area contributed by atoms with E-state index in [1.807, 2.05) is 68.4 Å². The Labute approximate surface area is 198 Å². The number of rotatable bonds is 9. The molecule has 0 saturated heterocycles. The summed E-state index contributed by atoms with van der Waals surface area (Å²) in [5, 5.41) is 7.08. The Kier molecular flexibility index (Phi) is 8.61. The van der Waals surface area contributed by atoms with Crippen LogP contribution < -0.4 is 15.5 Å². The number of nitrogens with one attached hydrogen (secondary N) is 2. The first kappa shape index (κ1) is 24.0. The van der Waals surface area contributed by atoms with Gasteiger partial charge in [-0.2, -0.15) is 5.10 Å². The highest BCUT2D eigenvalue weighted by atomic mass is 35.5. The molecule has 2 amide bonds. The van der Waals surface area contributed by atoms with Gasteiger partial charge in [0.05, 0.1) is 16.8 Å². The van der Waals surface area contributed by atoms with Crippen LogP contribution in [-0.4, -0.2) is 24.1 Å². The number of halogens is 1. The Morgan fingerprint density at radius 2 is 1.64 bits per heavy atom. The van der Waals surface area contributed by atoms with Gasteiger partial charge >= 0.3 is 0 Å². The molecule has 0 aliphatic rings. The van der Waals surface area contributed by atoms with Crippen LogP contribution in [0.15, 0.2) is 84.0 Å². The maximum absolute atomic E-state index is 12.6. The first-order chi connectivity index (χ1) is 15.9. The van der Waals surface area contributed by atoms with E-state index in [1.54, 1.807) is 24.3 Å². The SMILES string of the molecule is CC(C)C(NC(=O)c1ccccc1Cl)C(=O)N/N=C/c1ccc(OCc2ccccc2)cc1. The molecule has 0 fully saturated rings. The smallest absolute Gasteiger partial charge is 0.262 e. The molecule has 33 heavy (non-hydrogen) atoms. The van der Waals surface area contributed by atoms with E-state index in [9.17, 15) is 9.59 Å². The van der Waals surface area contributed by atoms with Crippen LogP contribution in [0.5, 0.6) is 5.75 Å². The minimum Gasteiger partial charge on any atom is -0.489 e. The standard InChI is InChI=1S/C26H26ClN3O3/c1-18(2)24(29-25(31)22-10-6-7-11-23(22)27)26(32)30-28-16-19-12-14-21(15-13-19)33-17-20-8-4-3-5-9-20/h3-16,18,24H,17H2,1-2H3,(H,29,31)(H,30,32)/b28-16+. The molecule has 2 N–H and O–H groups in total. The monoisotopic (exact) mass is 463 g/mol. The normalized spacial score (nSPS) is 11.9. The van der Waals surface area contributed by atoms with Crippen LogP contribution >= 0.6 is 11.6 Å². The van der Waals surface area contributed by atoms with Crippen molar-refractivity contribution < 1.29 is 14.3 Å². The van der Waals surface area contributed by atoms with Crippen molar-refractivity contribution in [2.45, 2.75) is 26.5 Å². The van der Waals surface area contributed by atoms with E-state index in [0.29, 0.717) is 17.2 Å². The maximum Gasteiger partial charge on any atom is 0.262 e. The average molecular weight is 464 g/mol. The van der Waals surface area contributed by atoms with Crippen LogP contribution in [-0.2, 0) is 11.4 Å². The third-order valence-electron chi connectivity index (χ3n) is 4.87. The van der Waals surface area contributed by atoms with E-state index in [1.165, 1.54) is 6.21 Å². The van der Waals surface area contributed by atoms with Crippen LogP contribution in [0, 0.1) is 5.92 Å². The van der Waals surface area contributed by atoms with Crippen LogP contribution in [0.4, 0.5) is 0 Å². The Morgan fingerprint density at radius 1 is 0.970 bits per heavy atom. The number of hydrogen-bond acceptors (Lipinski definition) is 4. The van der Waals surface area contributed by atoms with Gasteiger partial charge in [-0.15, -0.1) is 0 Å². The lowest BCUT2D eigenvalue weighted by Crippen LogP contribution is -2.48. The average Bonchev–Trinajstić information content (AvgIpc) is 2.82. The summed E-state index contributed by atoms with van der Waals surface area (Å²) < 4.78 is 5.77. The van der Waals surface area contributed by atoms with Gasteiger partial charge in [0.2, 0.25) is 0 Å². The Hall–Kier alpha value is -3.64. The number of nitrogens with zero attached hydrogens (tertiary/aromatic N) is 1. The van der Waals surface area contributed by atoms with Crippen molar-refractivity contribution in [2.24, 2.45) is 11.0 Å². The van der Waals surface area contributed by atoms with Crippen molar-refractivity contribution in [3.05, 3.63) is 101 Å². The number of hydrazone groups is 1. The van der Waals surface area contributed by atoms with E-state index in [-0.39, 0.29) is 5.92 Å². The Bertz CT molecular complexity index is 1100. The summed E-state index contributed by atoms with van der Waals surface area (Å²) in [5.41, 5.74) is 4.70. The van der Waals surface area contributed by atoms with Crippen LogP contribution in [0.3, 0.4) is 0 Å². The van der Waals surface area contributed by atoms with Crippen LogP contribution in [0.25, 0.3) is 0 Å². The van der Waals surface area contributed by atoms with Crippen molar-refractivity contribution >= 4 is 29.6 Å². The molecule has 1 unspecified atom stereocenters. The lowest BCUT2D eigenvalue weighted by atomic mass is 10.0. The number of carbonyl (C=O) groups excluding carboxylic acids is 2. The van der Waals surface area contributed by atoms with Crippen molar-refractivity contribution in [3.8, 4) is 5.75 Å². The van der Waals surface area contributed by atoms with Crippen LogP contribution in [0.1, 0.15) is 35.3 Å². The fraction of sp³-hybridized carbons (Fsp3) is 0.192. The quantitative estimate of drug-likeness (QED) is 0.352. The molecule has 7 heteroatoms. The Morgan fingerprint density at radius 3 is 2.30 bits per heavy atom. The van der Waals surface area contributed by atoms with Crippen molar-refractivity contribution in [1.29, 1.82) is 0 Å². The zero-order chi connectivity index (χ0) is 23.6. The second-order valence-electron chi connectivity index (χ2n) is 7.75. The molecule has 6 nitrogen and oxygen atoms in total. The molecule has 0 heterocycles. The lowest BCUT2D eigenvalue weighted by molar-refractivity contribution is -0.123. The molecule has 0 spiro atoms. The predicted molar refractivity (Wildman–Crippen MR) is 130 cm³/mol. The number of carbonyl (C=O) groups is 2. The number of benzene rings is 3. The Balaban J connectivity index is 1.53. The minimum atomic E-state index is -0.764. The molecule has 3 rings (SSSR count). The van der Waals surface area contributed by atoms with Gasteiger partial charge < -0.3 is 10.1 Å². The second kappa shape index (κ2) is 11.8. The topological polar surface area (TPSA) is 79.8 Å². The fourth-order valence-electron chi connectivity index (χ4n) is 3.03. The molecule has 0 aromatic heterocycles. The summed E-state index contributed by atoms with van der Waals surface area (Å²) in [6.07, 6.45) is 1.53. The molecule has 0 aliphatic heterocycles. The molecule has 1 atom stereocenters. The van der Waals surface area contributed by atoms with E-state index in [2.05, 4.69) is 15.8 Å². The highest BCUT2D eigenvalue weighted by Gasteiger charge is 2.25. The predicted octanol–water partition coefficient (Wildman–Crippen LogP) is 4.82. The zero-order valence-corrected chi connectivity index (χ0v) is 19.3. The maximum atomic E-state index is 12.6. The molecule has 0 bridgehead atoms. The number of hydrogen-bond donors (Lipinski definition) is 2. The number of amides is 2. The van der Waals surface area contributed by atoms with Crippen molar-refractivity contribution in [2.75, 3.05) is 0 Å². The van der Waals surface area contributed by atoms with Crippen molar-refractivity contribution in [1.82, 2.24) is 10.7 Å². The van der Waals surface area contributed by atoms with Gasteiger partial charge in [-0.3, -0.25) is 9.59 Å². The van der Waals surface area contributed by atoms with E-state index < -0.39 is 17.9 Å². The molecule has 0 radical (unpaired) electrons. The van der Waals surface area contributed by atoms with Gasteiger partial charge in [0, 0.05) is 0 Å². The minimum absolute atomic E-state index is 0.146. The van der Waals surface area contributed by atoms with E-state index in [0.717, 1.165) is 16.9 Å². The van der Waals surface area contributed by atoms with Gasteiger partial charge in [-0.05, 0) is 53.4 Å². The van der Waals surface area contributed by atoms with E-state index >= 15 is 0 Å². The summed E-state index contributed by atoms with van der Waals surface area (Å²) in [5.74, 6) is -0.233. The van der Waals surface area contributed by atoms with E-state index in [4.69, 9.17) is 16.3 Å². The molecular formula is C26H26ClN3O3. The summed E-state index contributed by atoms with van der Waals surface area (Å²) in [4.78, 5) is 25.1. The highest BCUT2D eigenvalue weighted by molar-refractivity contribution is 6.33. The molecule has 3 aromatic rings. The number of ether oxygens (including phenoxy) is 1. The second-order valence-corrected chi connectivity index (χ2v) is 8.16. The first-order valence-electron chi connectivity index (χ1n) is 10.6. The highest BCUT2D eigenvalue weighted by Crippen LogP contribution is 2.16. The molecular weight excluding hydrogens is 438 g/mol. The molecule has 170 valence electrons. The summed E-state index contributed by atoms with van der Waals surface area (Å²) >= 11 is 6.08. The zero-order valence-electron chi connectivity index (χ0n) is 18.5. The fourth-order valence-corrected chi connectivity index (χ4v) is 3.25. The van der Waals surface area contributed by atoms with Crippen LogP contribution in [0.2, 0.25) is 5.02 Å². The van der Waals surface area contributed by atoms with Crippen molar-refractivity contribution in [3.63, 3.8) is 0 Å². The summed E-state index contributed by atoms with van der Waals surface area (Å²) in [6, 6.07) is 23.2. The summed E-state index contributed by atoms with van der Waals surface area (Å²) in [7, 11) is 0. The molecule has 3 aromatic carbocycles. The van der Waals surface area contributed by atoms with Gasteiger partial charge in [-0.25, -0.2) is 5.43 Å².